The van der Waals surface area contributed by atoms with Crippen molar-refractivity contribution in [3.05, 3.63) is 71.7 Å². The molecular weight excluding hydrogens is 417 g/mol. The molecule has 1 fully saturated rings. The Labute approximate surface area is 181 Å². The summed E-state index contributed by atoms with van der Waals surface area (Å²) in [7, 11) is -3.73. The van der Waals surface area contributed by atoms with E-state index in [4.69, 9.17) is 0 Å². The summed E-state index contributed by atoms with van der Waals surface area (Å²) >= 11 is 0. The third-order valence-electron chi connectivity index (χ3n) is 5.54. The summed E-state index contributed by atoms with van der Waals surface area (Å²) in [6, 6.07) is 14.2. The molecule has 0 aliphatic carbocycles. The number of hydrogen-bond acceptors (Lipinski definition) is 4. The van der Waals surface area contributed by atoms with Gasteiger partial charge in [0.25, 0.3) is 5.91 Å². The fourth-order valence-electron chi connectivity index (χ4n) is 3.73. The van der Waals surface area contributed by atoms with Crippen LogP contribution in [0.4, 0.5) is 4.39 Å². The topological polar surface area (TPSA) is 70.6 Å². The van der Waals surface area contributed by atoms with E-state index in [0.717, 1.165) is 28.7 Å². The molecule has 31 heavy (non-hydrogen) atoms. The zero-order chi connectivity index (χ0) is 22.2. The standard InChI is InChI=1S/C23H24FN3O3S/c1-16(2)22-15-20(19-5-3-4-6-21(19)25-22)23(28)26-11-13-27(14-12-26)31(29,30)18-9-7-17(24)8-10-18/h3-10,15-16H,11-14H2,1-2H3. The molecule has 1 aliphatic heterocycles. The van der Waals surface area contributed by atoms with E-state index < -0.39 is 15.8 Å². The maximum atomic E-state index is 13.3. The first-order chi connectivity index (χ1) is 14.8. The largest absolute Gasteiger partial charge is 0.336 e. The second kappa shape index (κ2) is 8.36. The van der Waals surface area contributed by atoms with Crippen molar-refractivity contribution in [3.8, 4) is 0 Å². The summed E-state index contributed by atoms with van der Waals surface area (Å²) < 4.78 is 40.2. The lowest BCUT2D eigenvalue weighted by atomic mass is 10.0. The van der Waals surface area contributed by atoms with Crippen LogP contribution in [0.1, 0.15) is 35.8 Å². The van der Waals surface area contributed by atoms with Crippen LogP contribution in [0.2, 0.25) is 0 Å². The third kappa shape index (κ3) is 4.18. The molecule has 3 aromatic rings. The molecule has 8 heteroatoms. The molecule has 1 saturated heterocycles. The van der Waals surface area contributed by atoms with Crippen molar-refractivity contribution < 1.29 is 17.6 Å². The Balaban J connectivity index is 1.56. The highest BCUT2D eigenvalue weighted by Crippen LogP contribution is 2.25. The van der Waals surface area contributed by atoms with Crippen molar-refractivity contribution in [2.45, 2.75) is 24.7 Å². The molecule has 0 N–H and O–H groups in total. The van der Waals surface area contributed by atoms with Crippen molar-refractivity contribution in [2.75, 3.05) is 26.2 Å². The lowest BCUT2D eigenvalue weighted by Crippen LogP contribution is -2.50. The van der Waals surface area contributed by atoms with Crippen LogP contribution >= 0.6 is 0 Å². The molecule has 4 rings (SSSR count). The summed E-state index contributed by atoms with van der Waals surface area (Å²) in [6.07, 6.45) is 0. The van der Waals surface area contributed by atoms with Crippen LogP contribution in [0.3, 0.4) is 0 Å². The van der Waals surface area contributed by atoms with Crippen LogP contribution < -0.4 is 0 Å². The van der Waals surface area contributed by atoms with Gasteiger partial charge in [0.05, 0.1) is 16.0 Å². The van der Waals surface area contributed by atoms with E-state index in [0.29, 0.717) is 5.56 Å². The van der Waals surface area contributed by atoms with E-state index in [1.54, 1.807) is 4.90 Å². The van der Waals surface area contributed by atoms with Crippen molar-refractivity contribution in [3.63, 3.8) is 0 Å². The molecule has 162 valence electrons. The molecule has 0 saturated carbocycles. The van der Waals surface area contributed by atoms with Gasteiger partial charge in [-0.05, 0) is 42.3 Å². The summed E-state index contributed by atoms with van der Waals surface area (Å²) in [5, 5.41) is 0.790. The van der Waals surface area contributed by atoms with Crippen molar-refractivity contribution in [1.82, 2.24) is 14.2 Å². The predicted octanol–water partition coefficient (Wildman–Crippen LogP) is 3.64. The average Bonchev–Trinajstić information content (AvgIpc) is 2.78. The number of halogens is 1. The Bertz CT molecular complexity index is 1220. The molecule has 0 radical (unpaired) electrons. The minimum atomic E-state index is -3.73. The molecule has 6 nitrogen and oxygen atoms in total. The normalized spacial score (nSPS) is 15.5. The predicted molar refractivity (Wildman–Crippen MR) is 117 cm³/mol. The third-order valence-corrected chi connectivity index (χ3v) is 7.45. The second-order valence-corrected chi connectivity index (χ2v) is 9.85. The summed E-state index contributed by atoms with van der Waals surface area (Å²) in [4.78, 5) is 19.7. The van der Waals surface area contributed by atoms with Crippen LogP contribution in [0.15, 0.2) is 59.5 Å². The van der Waals surface area contributed by atoms with Gasteiger partial charge in [-0.2, -0.15) is 4.31 Å². The fraction of sp³-hybridized carbons (Fsp3) is 0.304. The first-order valence-corrected chi connectivity index (χ1v) is 11.7. The molecule has 1 aromatic heterocycles. The SMILES string of the molecule is CC(C)c1cc(C(=O)N2CCN(S(=O)(=O)c3ccc(F)cc3)CC2)c2ccccc2n1. The number of carbonyl (C=O) groups excluding carboxylic acids is 1. The molecule has 0 bridgehead atoms. The number of benzene rings is 2. The number of pyridine rings is 1. The monoisotopic (exact) mass is 441 g/mol. The Morgan fingerprint density at radius 1 is 1.00 bits per heavy atom. The van der Waals surface area contributed by atoms with E-state index in [1.165, 1.54) is 16.4 Å². The van der Waals surface area contributed by atoms with Crippen LogP contribution in [0.25, 0.3) is 10.9 Å². The van der Waals surface area contributed by atoms with E-state index in [2.05, 4.69) is 4.98 Å². The van der Waals surface area contributed by atoms with Gasteiger partial charge in [-0.15, -0.1) is 0 Å². The number of piperazine rings is 1. The second-order valence-electron chi connectivity index (χ2n) is 7.92. The molecule has 0 unspecified atom stereocenters. The summed E-state index contributed by atoms with van der Waals surface area (Å²) in [6.45, 7) is 5.01. The van der Waals surface area contributed by atoms with Gasteiger partial charge in [-0.1, -0.05) is 32.0 Å². The minimum Gasteiger partial charge on any atom is -0.336 e. The average molecular weight is 442 g/mol. The van der Waals surface area contributed by atoms with E-state index in [-0.39, 0.29) is 42.9 Å². The van der Waals surface area contributed by atoms with E-state index >= 15 is 0 Å². The van der Waals surface area contributed by atoms with Crippen molar-refractivity contribution >= 4 is 26.8 Å². The minimum absolute atomic E-state index is 0.0513. The first kappa shape index (κ1) is 21.4. The van der Waals surface area contributed by atoms with E-state index in [9.17, 15) is 17.6 Å². The Hall–Kier alpha value is -2.84. The highest BCUT2D eigenvalue weighted by Gasteiger charge is 2.31. The number of nitrogens with zero attached hydrogens (tertiary/aromatic N) is 3. The summed E-state index contributed by atoms with van der Waals surface area (Å²) in [5.74, 6) is -0.437. The number of amides is 1. The Kier molecular flexibility index (Phi) is 5.77. The lowest BCUT2D eigenvalue weighted by molar-refractivity contribution is 0.0699. The fourth-order valence-corrected chi connectivity index (χ4v) is 5.15. The maximum absolute atomic E-state index is 13.3. The molecule has 2 heterocycles. The van der Waals surface area contributed by atoms with Gasteiger partial charge in [0.15, 0.2) is 0 Å². The van der Waals surface area contributed by atoms with Gasteiger partial charge in [0.2, 0.25) is 10.0 Å². The number of rotatable bonds is 4. The smallest absolute Gasteiger partial charge is 0.254 e. The van der Waals surface area contributed by atoms with Crippen molar-refractivity contribution in [1.29, 1.82) is 0 Å². The van der Waals surface area contributed by atoms with Crippen LogP contribution in [0.5, 0.6) is 0 Å². The number of fused-ring (bicyclic) bond motifs is 1. The van der Waals surface area contributed by atoms with Crippen molar-refractivity contribution in [2.24, 2.45) is 0 Å². The highest BCUT2D eigenvalue weighted by atomic mass is 32.2. The van der Waals surface area contributed by atoms with E-state index in [1.807, 2.05) is 44.2 Å². The summed E-state index contributed by atoms with van der Waals surface area (Å²) in [5.41, 5.74) is 2.21. The number of sulfonamides is 1. The molecule has 2 aromatic carbocycles. The van der Waals surface area contributed by atoms with Crippen LogP contribution in [-0.4, -0.2) is 54.7 Å². The zero-order valence-electron chi connectivity index (χ0n) is 17.5. The van der Waals surface area contributed by atoms with Gasteiger partial charge in [0, 0.05) is 37.3 Å². The Morgan fingerprint density at radius 3 is 2.29 bits per heavy atom. The van der Waals surface area contributed by atoms with Crippen LogP contribution in [-0.2, 0) is 10.0 Å². The van der Waals surface area contributed by atoms with Gasteiger partial charge < -0.3 is 4.90 Å². The number of aromatic nitrogens is 1. The maximum Gasteiger partial charge on any atom is 0.254 e. The quantitative estimate of drug-likeness (QED) is 0.620. The zero-order valence-corrected chi connectivity index (χ0v) is 18.3. The lowest BCUT2D eigenvalue weighted by Gasteiger charge is -2.34. The molecule has 0 spiro atoms. The molecule has 1 amide bonds. The van der Waals surface area contributed by atoms with Gasteiger partial charge in [-0.25, -0.2) is 12.8 Å². The Morgan fingerprint density at radius 2 is 1.65 bits per heavy atom. The molecule has 0 atom stereocenters. The highest BCUT2D eigenvalue weighted by molar-refractivity contribution is 7.89. The number of hydrogen-bond donors (Lipinski definition) is 0. The van der Waals surface area contributed by atoms with Crippen LogP contribution in [0, 0.1) is 5.82 Å². The molecular formula is C23H24FN3O3S. The van der Waals surface area contributed by atoms with Gasteiger partial charge >= 0.3 is 0 Å². The van der Waals surface area contributed by atoms with Gasteiger partial charge in [-0.3, -0.25) is 9.78 Å². The van der Waals surface area contributed by atoms with Gasteiger partial charge in [0.1, 0.15) is 5.82 Å². The first-order valence-electron chi connectivity index (χ1n) is 10.2. The molecule has 1 aliphatic rings. The number of carbonyl (C=O) groups is 1. The number of para-hydroxylation sites is 1.